The minimum absolute atomic E-state index is 0.00941. The molecule has 0 radical (unpaired) electrons. The third kappa shape index (κ3) is 11.5. The van der Waals surface area contributed by atoms with Crippen LogP contribution in [0.25, 0.3) is 10.9 Å². The van der Waals surface area contributed by atoms with E-state index in [0.717, 1.165) is 43.0 Å². The lowest BCUT2D eigenvalue weighted by Gasteiger charge is -2.31. The third-order valence-corrected chi connectivity index (χ3v) is 9.83. The summed E-state index contributed by atoms with van der Waals surface area (Å²) in [6.07, 6.45) is 2.69. The van der Waals surface area contributed by atoms with E-state index in [1.54, 1.807) is 18.2 Å². The summed E-state index contributed by atoms with van der Waals surface area (Å²) in [6.45, 7) is 3.52. The number of nitrogens with one attached hydrogen (secondary N) is 4. The van der Waals surface area contributed by atoms with E-state index in [1.165, 1.54) is 24.0 Å². The van der Waals surface area contributed by atoms with Crippen LogP contribution in [0.4, 0.5) is 0 Å². The first kappa shape index (κ1) is 41.8. The number of phenolic OH excluding ortho intramolecular Hbond substituents is 1. The summed E-state index contributed by atoms with van der Waals surface area (Å²) in [6, 6.07) is 9.10. The van der Waals surface area contributed by atoms with Crippen molar-refractivity contribution in [1.82, 2.24) is 25.8 Å². The molecule has 2 heterocycles. The number of nitrogens with zero attached hydrogens (tertiary/aromatic N) is 1. The highest BCUT2D eigenvalue weighted by Gasteiger charge is 2.41. The van der Waals surface area contributed by atoms with Crippen molar-refractivity contribution >= 4 is 40.5 Å². The number of phenols is 1. The van der Waals surface area contributed by atoms with Gasteiger partial charge in [0.15, 0.2) is 0 Å². The molecule has 1 aromatic heterocycles. The molecule has 15 nitrogen and oxygen atoms in total. The summed E-state index contributed by atoms with van der Waals surface area (Å²) in [4.78, 5) is 71.1. The Morgan fingerprint density at radius 2 is 1.61 bits per heavy atom. The number of carbonyl (C=O) groups is 5. The van der Waals surface area contributed by atoms with Crippen molar-refractivity contribution in [3.63, 3.8) is 0 Å². The van der Waals surface area contributed by atoms with Crippen molar-refractivity contribution in [2.45, 2.75) is 120 Å². The van der Waals surface area contributed by atoms with Crippen LogP contribution in [0.15, 0.2) is 54.6 Å². The molecule has 4 amide bonds. The van der Waals surface area contributed by atoms with Gasteiger partial charge in [-0.3, -0.25) is 19.2 Å². The number of aliphatic carboxylic acids is 1. The second-order valence-corrected chi connectivity index (χ2v) is 14.1. The van der Waals surface area contributed by atoms with Crippen LogP contribution >= 0.6 is 0 Å². The van der Waals surface area contributed by atoms with Crippen LogP contribution in [0, 0.1) is 0 Å². The number of nitrogens with two attached hydrogens (primary N) is 1. The summed E-state index contributed by atoms with van der Waals surface area (Å²) in [5.74, 6) is -4.43. The molecular formula is C39H54N6O9. The van der Waals surface area contributed by atoms with E-state index in [1.807, 2.05) is 24.3 Å². The number of unbranched alkanes of at least 4 members (excludes halogenated alkanes) is 4. The van der Waals surface area contributed by atoms with Crippen molar-refractivity contribution < 1.29 is 44.4 Å². The second kappa shape index (κ2) is 19.9. The second-order valence-electron chi connectivity index (χ2n) is 14.1. The summed E-state index contributed by atoms with van der Waals surface area (Å²) >= 11 is 0. The van der Waals surface area contributed by atoms with Crippen LogP contribution < -0.4 is 21.7 Å². The predicted molar refractivity (Wildman–Crippen MR) is 201 cm³/mol. The molecular weight excluding hydrogens is 696 g/mol. The molecule has 0 bridgehead atoms. The fourth-order valence-electron chi connectivity index (χ4n) is 6.73. The highest BCUT2D eigenvalue weighted by atomic mass is 16.4. The molecule has 1 fully saturated rings. The van der Waals surface area contributed by atoms with E-state index in [0.29, 0.717) is 24.1 Å². The molecule has 2 aromatic carbocycles. The molecule has 294 valence electrons. The van der Waals surface area contributed by atoms with Gasteiger partial charge in [-0.25, -0.2) is 4.79 Å². The Bertz CT molecular complexity index is 1700. The van der Waals surface area contributed by atoms with Gasteiger partial charge in [0.25, 0.3) is 5.91 Å². The van der Waals surface area contributed by atoms with E-state index in [9.17, 15) is 44.4 Å². The third-order valence-electron chi connectivity index (χ3n) is 9.83. The van der Waals surface area contributed by atoms with Crippen LogP contribution in [0.2, 0.25) is 0 Å². The van der Waals surface area contributed by atoms with Gasteiger partial charge in [0.2, 0.25) is 17.7 Å². The Morgan fingerprint density at radius 1 is 0.907 bits per heavy atom. The molecule has 7 unspecified atom stereocenters. The van der Waals surface area contributed by atoms with E-state index in [4.69, 9.17) is 5.73 Å². The summed E-state index contributed by atoms with van der Waals surface area (Å²) in [5, 5.41) is 49.5. The lowest BCUT2D eigenvalue weighted by Crippen LogP contribution is -2.60. The maximum absolute atomic E-state index is 13.9. The predicted octanol–water partition coefficient (Wildman–Crippen LogP) is 1.62. The largest absolute Gasteiger partial charge is 0.508 e. The first-order valence-corrected chi connectivity index (χ1v) is 18.7. The molecule has 3 aromatic rings. The van der Waals surface area contributed by atoms with Crippen molar-refractivity contribution in [1.29, 1.82) is 0 Å². The summed E-state index contributed by atoms with van der Waals surface area (Å²) in [7, 11) is 0. The molecule has 7 atom stereocenters. The Hall–Kier alpha value is -4.99. The fourth-order valence-corrected chi connectivity index (χ4v) is 6.73. The number of carboxylic acids is 1. The maximum atomic E-state index is 13.9. The number of amides is 4. The number of para-hydroxylation sites is 1. The number of aromatic amines is 1. The number of carboxylic acid groups (broad SMARTS) is 1. The highest BCUT2D eigenvalue weighted by molar-refractivity contribution is 5.96. The number of hydrogen-bond donors (Lipinski definition) is 9. The van der Waals surface area contributed by atoms with Crippen molar-refractivity contribution in [3.05, 3.63) is 65.9 Å². The average molecular weight is 751 g/mol. The molecule has 0 spiro atoms. The lowest BCUT2D eigenvalue weighted by molar-refractivity contribution is -0.146. The van der Waals surface area contributed by atoms with E-state index < -0.39 is 72.0 Å². The van der Waals surface area contributed by atoms with E-state index >= 15 is 0 Å². The Labute approximate surface area is 314 Å². The van der Waals surface area contributed by atoms with Crippen LogP contribution in [0.1, 0.15) is 76.5 Å². The number of aromatic nitrogens is 1. The number of aliphatic hydroxyl groups is 2. The normalized spacial score (nSPS) is 17.6. The van der Waals surface area contributed by atoms with Crippen LogP contribution in [0.3, 0.4) is 0 Å². The van der Waals surface area contributed by atoms with Crippen molar-refractivity contribution in [3.8, 4) is 5.75 Å². The number of benzene rings is 2. The molecule has 1 saturated heterocycles. The SMILES string of the molecule is CCCCCCCC(N)C(O)C(=O)NC(C(=O)N1CCCC1C(=O)NC(Cc1ccc(O)cc1)C(=O)NC(Cc1cc2ccccc2[nH]1)C(=O)O)C(C)O. The van der Waals surface area contributed by atoms with Gasteiger partial charge >= 0.3 is 5.97 Å². The molecule has 10 N–H and O–H groups in total. The van der Waals surface area contributed by atoms with Crippen molar-refractivity contribution in [2.75, 3.05) is 6.54 Å². The Morgan fingerprint density at radius 3 is 2.28 bits per heavy atom. The van der Waals surface area contributed by atoms with E-state index in [2.05, 4.69) is 27.9 Å². The summed E-state index contributed by atoms with van der Waals surface area (Å²) in [5.41, 5.74) is 8.03. The molecule has 54 heavy (non-hydrogen) atoms. The lowest BCUT2D eigenvalue weighted by atomic mass is 10.0. The van der Waals surface area contributed by atoms with Crippen LogP contribution in [-0.4, -0.2) is 109 Å². The monoisotopic (exact) mass is 750 g/mol. The minimum Gasteiger partial charge on any atom is -0.508 e. The minimum atomic E-state index is -1.62. The number of aliphatic hydroxyl groups excluding tert-OH is 2. The molecule has 4 rings (SSSR count). The summed E-state index contributed by atoms with van der Waals surface area (Å²) < 4.78 is 0. The van der Waals surface area contributed by atoms with Gasteiger partial charge in [0.05, 0.1) is 6.10 Å². The smallest absolute Gasteiger partial charge is 0.326 e. The van der Waals surface area contributed by atoms with Gasteiger partial charge in [-0.05, 0) is 61.4 Å². The number of hydrogen-bond acceptors (Lipinski definition) is 9. The number of carbonyl (C=O) groups excluding carboxylic acids is 4. The van der Waals surface area contributed by atoms with Crippen LogP contribution in [0.5, 0.6) is 5.75 Å². The zero-order chi connectivity index (χ0) is 39.4. The van der Waals surface area contributed by atoms with Gasteiger partial charge in [-0.1, -0.05) is 69.4 Å². The van der Waals surface area contributed by atoms with Crippen LogP contribution in [-0.2, 0) is 36.8 Å². The van der Waals surface area contributed by atoms with Gasteiger partial charge < -0.3 is 52.0 Å². The number of aromatic hydroxyl groups is 1. The Kier molecular flexibility index (Phi) is 15.4. The van der Waals surface area contributed by atoms with Gasteiger partial charge in [-0.15, -0.1) is 0 Å². The zero-order valence-electron chi connectivity index (χ0n) is 30.9. The average Bonchev–Trinajstić information content (AvgIpc) is 3.80. The highest BCUT2D eigenvalue weighted by Crippen LogP contribution is 2.21. The van der Waals surface area contributed by atoms with Gasteiger partial charge in [0.1, 0.15) is 36.0 Å². The zero-order valence-corrected chi connectivity index (χ0v) is 30.9. The molecule has 1 aliphatic heterocycles. The molecule has 15 heteroatoms. The molecule has 0 aliphatic carbocycles. The Balaban J connectivity index is 1.46. The standard InChI is InChI=1S/C39H54N6O9/c1-3-4-5-6-7-12-28(40)34(48)37(51)44-33(23(2)46)38(52)45-19-10-14-32(45)36(50)42-30(20-24-15-17-27(47)18-16-24)35(49)43-31(39(53)54)22-26-21-25-11-8-9-13-29(25)41-26/h8-9,11,13,15-18,21,23,28,30-34,41,46-48H,3-7,10,12,14,19-20,22,40H2,1-2H3,(H,42,50)(H,43,49)(H,44,51)(H,53,54). The quantitative estimate of drug-likeness (QED) is 0.0756. The van der Waals surface area contributed by atoms with Gasteiger partial charge in [-0.2, -0.15) is 0 Å². The van der Waals surface area contributed by atoms with Crippen molar-refractivity contribution in [2.24, 2.45) is 5.73 Å². The van der Waals surface area contributed by atoms with E-state index in [-0.39, 0.29) is 31.6 Å². The molecule has 0 saturated carbocycles. The van der Waals surface area contributed by atoms with Gasteiger partial charge in [0, 0.05) is 36.6 Å². The topological polar surface area (TPSA) is 247 Å². The first-order valence-electron chi connectivity index (χ1n) is 18.7. The maximum Gasteiger partial charge on any atom is 0.326 e. The number of rotatable bonds is 20. The molecule has 1 aliphatic rings. The fraction of sp³-hybridized carbons (Fsp3) is 0.513. The number of H-pyrrole nitrogens is 1. The number of likely N-dealkylation sites (tertiary alicyclic amines) is 1. The first-order chi connectivity index (χ1) is 25.8. The number of fused-ring (bicyclic) bond motifs is 1.